The molecule has 2 rings (SSSR count). The van der Waals surface area contributed by atoms with Gasteiger partial charge in [-0.25, -0.2) is 8.42 Å². The molecule has 1 aromatic rings. The summed E-state index contributed by atoms with van der Waals surface area (Å²) in [6.45, 7) is 5.32. The molecular weight excluding hydrogens is 354 g/mol. The van der Waals surface area contributed by atoms with Gasteiger partial charge in [0.1, 0.15) is 5.75 Å². The lowest BCUT2D eigenvalue weighted by Crippen LogP contribution is -2.57. The predicted molar refractivity (Wildman–Crippen MR) is 92.9 cm³/mol. The Morgan fingerprint density at radius 3 is 2.38 bits per heavy atom. The minimum atomic E-state index is -3.76. The highest BCUT2D eigenvalue weighted by Gasteiger charge is 2.29. The van der Waals surface area contributed by atoms with Gasteiger partial charge in [-0.1, -0.05) is 0 Å². The fraction of sp³-hybridized carbons (Fsp3) is 0.467. The molecule has 1 saturated heterocycles. The maximum absolute atomic E-state index is 12.6. The standard InChI is InChI=1S/C15H21N3O4S.ClH/c1-10-11(2)18(8-7-17-10)15(20)12-3-5-13(6-4-12)23(21,22)9-14(16)19;/h3-6,10-11,17H,7-9H2,1-2H3,(H2,16,19);1H. The van der Waals surface area contributed by atoms with Crippen LogP contribution >= 0.6 is 12.4 Å². The number of piperazine rings is 1. The van der Waals surface area contributed by atoms with Crippen LogP contribution in [0.3, 0.4) is 0 Å². The highest BCUT2D eigenvalue weighted by atomic mass is 35.5. The zero-order valence-electron chi connectivity index (χ0n) is 13.6. The lowest BCUT2D eigenvalue weighted by atomic mass is 10.1. The Hall–Kier alpha value is -1.64. The van der Waals surface area contributed by atoms with Crippen LogP contribution in [0.4, 0.5) is 0 Å². The van der Waals surface area contributed by atoms with E-state index in [1.807, 2.05) is 13.8 Å². The number of nitrogens with one attached hydrogen (secondary N) is 1. The summed E-state index contributed by atoms with van der Waals surface area (Å²) in [5.74, 6) is -1.79. The Kier molecular flexibility index (Phi) is 6.76. The van der Waals surface area contributed by atoms with Crippen molar-refractivity contribution in [2.24, 2.45) is 5.73 Å². The Morgan fingerprint density at radius 1 is 1.25 bits per heavy atom. The monoisotopic (exact) mass is 375 g/mol. The first-order chi connectivity index (χ1) is 10.7. The van der Waals surface area contributed by atoms with Gasteiger partial charge in [-0.3, -0.25) is 9.59 Å². The molecule has 0 aliphatic carbocycles. The van der Waals surface area contributed by atoms with Crippen LogP contribution in [0.25, 0.3) is 0 Å². The maximum Gasteiger partial charge on any atom is 0.254 e. The number of nitrogens with two attached hydrogens (primary N) is 1. The number of benzene rings is 1. The van der Waals surface area contributed by atoms with Crippen LogP contribution < -0.4 is 11.1 Å². The van der Waals surface area contributed by atoms with Crippen LogP contribution in [0.1, 0.15) is 24.2 Å². The van der Waals surface area contributed by atoms with Crippen molar-refractivity contribution in [3.63, 3.8) is 0 Å². The van der Waals surface area contributed by atoms with Gasteiger partial charge in [-0.05, 0) is 38.1 Å². The predicted octanol–water partition coefficient (Wildman–Crippen LogP) is 0.190. The minimum absolute atomic E-state index is 0. The number of rotatable bonds is 4. The summed E-state index contributed by atoms with van der Waals surface area (Å²) in [5, 5.41) is 3.30. The maximum atomic E-state index is 12.6. The molecule has 9 heteroatoms. The van der Waals surface area contributed by atoms with Gasteiger partial charge in [0.2, 0.25) is 5.91 Å². The summed E-state index contributed by atoms with van der Waals surface area (Å²) in [7, 11) is -3.76. The molecule has 2 atom stereocenters. The number of carbonyl (C=O) groups excluding carboxylic acids is 2. The summed E-state index contributed by atoms with van der Waals surface area (Å²) in [6, 6.07) is 5.85. The van der Waals surface area contributed by atoms with Crippen LogP contribution in [-0.2, 0) is 14.6 Å². The average Bonchev–Trinajstić information content (AvgIpc) is 2.48. The molecule has 0 spiro atoms. The number of primary amides is 1. The third-order valence-corrected chi connectivity index (χ3v) is 5.74. The molecular formula is C15H22ClN3O4S. The summed E-state index contributed by atoms with van der Waals surface area (Å²) in [4.78, 5) is 25.1. The van der Waals surface area contributed by atoms with Crippen LogP contribution in [-0.4, -0.2) is 56.1 Å². The number of hydrogen-bond donors (Lipinski definition) is 2. The second-order valence-corrected chi connectivity index (χ2v) is 7.72. The molecule has 24 heavy (non-hydrogen) atoms. The Balaban J connectivity index is 0.00000288. The molecule has 7 nitrogen and oxygen atoms in total. The zero-order chi connectivity index (χ0) is 17.2. The topological polar surface area (TPSA) is 110 Å². The van der Waals surface area contributed by atoms with Crippen molar-refractivity contribution in [1.29, 1.82) is 0 Å². The highest BCUT2D eigenvalue weighted by molar-refractivity contribution is 7.92. The van der Waals surface area contributed by atoms with Crippen LogP contribution in [0.15, 0.2) is 29.2 Å². The van der Waals surface area contributed by atoms with Crippen molar-refractivity contribution < 1.29 is 18.0 Å². The molecule has 1 aliphatic rings. The van der Waals surface area contributed by atoms with Crippen molar-refractivity contribution in [3.05, 3.63) is 29.8 Å². The first kappa shape index (κ1) is 20.4. The molecule has 3 N–H and O–H groups in total. The van der Waals surface area contributed by atoms with Crippen molar-refractivity contribution in [2.45, 2.75) is 30.8 Å². The molecule has 1 fully saturated rings. The fourth-order valence-corrected chi connectivity index (χ4v) is 3.68. The van der Waals surface area contributed by atoms with Crippen molar-refractivity contribution in [3.8, 4) is 0 Å². The fourth-order valence-electron chi connectivity index (χ4n) is 2.58. The van der Waals surface area contributed by atoms with E-state index >= 15 is 0 Å². The average molecular weight is 376 g/mol. The number of nitrogens with zero attached hydrogens (tertiary/aromatic N) is 1. The van der Waals surface area contributed by atoms with E-state index in [4.69, 9.17) is 5.73 Å². The SMILES string of the molecule is CC1NCCN(C(=O)c2ccc(S(=O)(=O)CC(N)=O)cc2)C1C.Cl. The lowest BCUT2D eigenvalue weighted by molar-refractivity contribution is -0.115. The van der Waals surface area contributed by atoms with E-state index in [-0.39, 0.29) is 35.3 Å². The first-order valence-electron chi connectivity index (χ1n) is 7.38. The molecule has 134 valence electrons. The number of halogens is 1. The number of amides is 2. The van der Waals surface area contributed by atoms with Crippen LogP contribution in [0.5, 0.6) is 0 Å². The van der Waals surface area contributed by atoms with E-state index in [0.717, 1.165) is 6.54 Å². The van der Waals surface area contributed by atoms with Gasteiger partial charge in [0.25, 0.3) is 5.91 Å². The zero-order valence-corrected chi connectivity index (χ0v) is 15.2. The molecule has 2 unspecified atom stereocenters. The normalized spacial score (nSPS) is 21.0. The van der Waals surface area contributed by atoms with Crippen molar-refractivity contribution in [2.75, 3.05) is 18.8 Å². The summed E-state index contributed by atoms with van der Waals surface area (Å²) < 4.78 is 23.8. The second kappa shape index (κ2) is 7.96. The third kappa shape index (κ3) is 4.46. The Bertz CT molecular complexity index is 706. The minimum Gasteiger partial charge on any atom is -0.369 e. The summed E-state index contributed by atoms with van der Waals surface area (Å²) in [6.07, 6.45) is 0. The van der Waals surface area contributed by atoms with Crippen LogP contribution in [0.2, 0.25) is 0 Å². The molecule has 0 saturated carbocycles. The Labute approximate surface area is 147 Å². The van der Waals surface area contributed by atoms with E-state index < -0.39 is 21.5 Å². The quantitative estimate of drug-likeness (QED) is 0.780. The molecule has 0 aromatic heterocycles. The Morgan fingerprint density at radius 2 is 1.83 bits per heavy atom. The third-order valence-electron chi connectivity index (χ3n) is 4.09. The second-order valence-electron chi connectivity index (χ2n) is 5.73. The highest BCUT2D eigenvalue weighted by Crippen LogP contribution is 2.17. The summed E-state index contributed by atoms with van der Waals surface area (Å²) >= 11 is 0. The van der Waals surface area contributed by atoms with Gasteiger partial charge >= 0.3 is 0 Å². The number of hydrogen-bond acceptors (Lipinski definition) is 5. The van der Waals surface area contributed by atoms with Crippen molar-refractivity contribution in [1.82, 2.24) is 10.2 Å². The first-order valence-corrected chi connectivity index (χ1v) is 9.03. The van der Waals surface area contributed by atoms with Gasteiger partial charge in [0.15, 0.2) is 9.84 Å². The molecule has 0 bridgehead atoms. The molecule has 1 aliphatic heterocycles. The van der Waals surface area contributed by atoms with E-state index in [9.17, 15) is 18.0 Å². The number of carbonyl (C=O) groups is 2. The number of sulfone groups is 1. The molecule has 1 heterocycles. The molecule has 0 radical (unpaired) electrons. The van der Waals surface area contributed by atoms with Gasteiger partial charge in [0, 0.05) is 30.7 Å². The van der Waals surface area contributed by atoms with E-state index in [2.05, 4.69) is 5.32 Å². The molecule has 1 aromatic carbocycles. The lowest BCUT2D eigenvalue weighted by Gasteiger charge is -2.38. The van der Waals surface area contributed by atoms with Crippen molar-refractivity contribution >= 4 is 34.1 Å². The van der Waals surface area contributed by atoms with Gasteiger partial charge in [-0.15, -0.1) is 12.4 Å². The summed E-state index contributed by atoms with van der Waals surface area (Å²) in [5.41, 5.74) is 5.36. The van der Waals surface area contributed by atoms with E-state index in [0.29, 0.717) is 12.1 Å². The van der Waals surface area contributed by atoms with Crippen LogP contribution in [0, 0.1) is 0 Å². The van der Waals surface area contributed by atoms with Gasteiger partial charge in [-0.2, -0.15) is 0 Å². The van der Waals surface area contributed by atoms with Gasteiger partial charge in [0.05, 0.1) is 4.90 Å². The van der Waals surface area contributed by atoms with E-state index in [1.54, 1.807) is 4.90 Å². The van der Waals surface area contributed by atoms with E-state index in [1.165, 1.54) is 24.3 Å². The smallest absolute Gasteiger partial charge is 0.254 e. The van der Waals surface area contributed by atoms with Gasteiger partial charge < -0.3 is 16.0 Å². The molecule has 2 amide bonds. The largest absolute Gasteiger partial charge is 0.369 e.